The number of anilines is 1. The zero-order valence-electron chi connectivity index (χ0n) is 10.1. The van der Waals surface area contributed by atoms with Crippen molar-refractivity contribution < 1.29 is 19.4 Å². The summed E-state index contributed by atoms with van der Waals surface area (Å²) < 4.78 is 5.93. The molecule has 0 unspecified atom stereocenters. The van der Waals surface area contributed by atoms with Gasteiger partial charge in [-0.05, 0) is 40.8 Å². The molecule has 2 rings (SSSR count). The van der Waals surface area contributed by atoms with Crippen LogP contribution >= 0.6 is 22.6 Å². The molecule has 1 saturated heterocycles. The molecule has 1 aromatic rings. The van der Waals surface area contributed by atoms with Gasteiger partial charge >= 0.3 is 12.0 Å². The van der Waals surface area contributed by atoms with Crippen LogP contribution in [0.2, 0.25) is 0 Å². The molecule has 2 N–H and O–H groups in total. The summed E-state index contributed by atoms with van der Waals surface area (Å²) in [5.74, 6) is -1.01. The number of hydrogen-bond donors (Lipinski definition) is 2. The van der Waals surface area contributed by atoms with E-state index in [9.17, 15) is 9.59 Å². The molecule has 102 valence electrons. The summed E-state index contributed by atoms with van der Waals surface area (Å²) in [5, 5.41) is 11.7. The highest BCUT2D eigenvalue weighted by Gasteiger charge is 2.17. The fourth-order valence-electron chi connectivity index (χ4n) is 1.75. The van der Waals surface area contributed by atoms with Crippen molar-refractivity contribution in [3.8, 4) is 0 Å². The first-order chi connectivity index (χ1) is 9.06. The smallest absolute Gasteiger partial charge is 0.335 e. The number of nitrogens with zero attached hydrogens (tertiary/aromatic N) is 1. The normalized spacial score (nSPS) is 15.1. The summed E-state index contributed by atoms with van der Waals surface area (Å²) in [6.45, 7) is 2.14. The summed E-state index contributed by atoms with van der Waals surface area (Å²) >= 11 is 2.02. The maximum absolute atomic E-state index is 12.0. The lowest BCUT2D eigenvalue weighted by molar-refractivity contribution is 0.0564. The Balaban J connectivity index is 2.09. The van der Waals surface area contributed by atoms with Crippen LogP contribution in [0.4, 0.5) is 10.5 Å². The summed E-state index contributed by atoms with van der Waals surface area (Å²) in [6.07, 6.45) is 0. The minimum atomic E-state index is -1.01. The number of rotatable bonds is 2. The first kappa shape index (κ1) is 14.1. The molecule has 0 aromatic heterocycles. The maximum atomic E-state index is 12.0. The molecular formula is C12H13IN2O4. The number of urea groups is 1. The summed E-state index contributed by atoms with van der Waals surface area (Å²) in [7, 11) is 0. The number of carbonyl (C=O) groups is 2. The van der Waals surface area contributed by atoms with Crippen LogP contribution in [0.1, 0.15) is 10.4 Å². The van der Waals surface area contributed by atoms with Gasteiger partial charge in [0.05, 0.1) is 18.8 Å². The second kappa shape index (κ2) is 6.20. The van der Waals surface area contributed by atoms with E-state index in [4.69, 9.17) is 9.84 Å². The molecule has 1 heterocycles. The fourth-order valence-corrected chi connectivity index (χ4v) is 2.43. The average molecular weight is 376 g/mol. The molecule has 6 nitrogen and oxygen atoms in total. The molecule has 0 spiro atoms. The predicted octanol–water partition coefficient (Wildman–Crippen LogP) is 1.85. The summed E-state index contributed by atoms with van der Waals surface area (Å²) in [5.41, 5.74) is 0.643. The number of morpholine rings is 1. The standard InChI is InChI=1S/C12H13IN2O4/c13-9-5-8(11(16)17)6-10(7-9)14-12(18)15-1-3-19-4-2-15/h5-7H,1-4H2,(H,14,18)(H,16,17). The molecule has 0 bridgehead atoms. The summed E-state index contributed by atoms with van der Waals surface area (Å²) in [6, 6.07) is 4.49. The van der Waals surface area contributed by atoms with Gasteiger partial charge < -0.3 is 20.1 Å². The zero-order valence-corrected chi connectivity index (χ0v) is 12.2. The number of benzene rings is 1. The van der Waals surface area contributed by atoms with Crippen LogP contribution in [0.25, 0.3) is 0 Å². The van der Waals surface area contributed by atoms with Crippen LogP contribution in [0.3, 0.4) is 0 Å². The Bertz CT molecular complexity index is 501. The minimum absolute atomic E-state index is 0.157. The van der Waals surface area contributed by atoms with Crippen molar-refractivity contribution in [1.82, 2.24) is 4.90 Å². The molecule has 2 amide bonds. The number of ether oxygens (including phenoxy) is 1. The van der Waals surface area contributed by atoms with Gasteiger partial charge in [0.1, 0.15) is 0 Å². The molecule has 0 aliphatic carbocycles. The monoisotopic (exact) mass is 376 g/mol. The first-order valence-electron chi connectivity index (χ1n) is 5.74. The number of hydrogen-bond acceptors (Lipinski definition) is 3. The van der Waals surface area contributed by atoms with Crippen molar-refractivity contribution in [2.45, 2.75) is 0 Å². The largest absolute Gasteiger partial charge is 0.478 e. The van der Waals surface area contributed by atoms with E-state index in [2.05, 4.69) is 5.32 Å². The second-order valence-corrected chi connectivity index (χ2v) is 5.31. The van der Waals surface area contributed by atoms with E-state index in [-0.39, 0.29) is 11.6 Å². The van der Waals surface area contributed by atoms with Crippen molar-refractivity contribution >= 4 is 40.3 Å². The molecule has 7 heteroatoms. The van der Waals surface area contributed by atoms with Crippen molar-refractivity contribution in [2.24, 2.45) is 0 Å². The van der Waals surface area contributed by atoms with Crippen LogP contribution in [0.5, 0.6) is 0 Å². The Morgan fingerprint density at radius 2 is 1.95 bits per heavy atom. The Hall–Kier alpha value is -1.35. The Morgan fingerprint density at radius 3 is 2.58 bits per heavy atom. The highest BCUT2D eigenvalue weighted by Crippen LogP contribution is 2.17. The number of carboxylic acids is 1. The van der Waals surface area contributed by atoms with Gasteiger partial charge in [0.15, 0.2) is 0 Å². The lowest BCUT2D eigenvalue weighted by Gasteiger charge is -2.27. The Kier molecular flexibility index (Phi) is 4.59. The molecular weight excluding hydrogens is 363 g/mol. The van der Waals surface area contributed by atoms with Crippen LogP contribution in [0.15, 0.2) is 18.2 Å². The average Bonchev–Trinajstić information content (AvgIpc) is 2.39. The van der Waals surface area contributed by atoms with Gasteiger partial charge in [0, 0.05) is 22.3 Å². The number of nitrogens with one attached hydrogen (secondary N) is 1. The van der Waals surface area contributed by atoms with E-state index in [0.717, 1.165) is 3.57 Å². The van der Waals surface area contributed by atoms with Gasteiger partial charge in [-0.2, -0.15) is 0 Å². The Labute approximate surface area is 123 Å². The van der Waals surface area contributed by atoms with E-state index < -0.39 is 5.97 Å². The topological polar surface area (TPSA) is 78.9 Å². The highest BCUT2D eigenvalue weighted by molar-refractivity contribution is 14.1. The zero-order chi connectivity index (χ0) is 13.8. The third-order valence-electron chi connectivity index (χ3n) is 2.69. The van der Waals surface area contributed by atoms with E-state index in [1.807, 2.05) is 22.6 Å². The van der Waals surface area contributed by atoms with Gasteiger partial charge in [-0.1, -0.05) is 0 Å². The van der Waals surface area contributed by atoms with Gasteiger partial charge in [-0.25, -0.2) is 9.59 Å². The number of carbonyl (C=O) groups excluding carboxylic acids is 1. The maximum Gasteiger partial charge on any atom is 0.335 e. The molecule has 0 atom stereocenters. The first-order valence-corrected chi connectivity index (χ1v) is 6.82. The quantitative estimate of drug-likeness (QED) is 0.773. The van der Waals surface area contributed by atoms with E-state index in [1.54, 1.807) is 17.0 Å². The molecule has 0 radical (unpaired) electrons. The van der Waals surface area contributed by atoms with Crippen molar-refractivity contribution in [3.63, 3.8) is 0 Å². The van der Waals surface area contributed by atoms with E-state index in [1.165, 1.54) is 6.07 Å². The van der Waals surface area contributed by atoms with Crippen LogP contribution in [-0.4, -0.2) is 48.3 Å². The molecule has 1 aliphatic heterocycles. The van der Waals surface area contributed by atoms with Crippen LogP contribution in [-0.2, 0) is 4.74 Å². The fraction of sp³-hybridized carbons (Fsp3) is 0.333. The predicted molar refractivity (Wildman–Crippen MR) is 77.5 cm³/mol. The van der Waals surface area contributed by atoms with Crippen LogP contribution < -0.4 is 5.32 Å². The van der Waals surface area contributed by atoms with Gasteiger partial charge in [-0.3, -0.25) is 0 Å². The van der Waals surface area contributed by atoms with Crippen molar-refractivity contribution in [1.29, 1.82) is 0 Å². The lowest BCUT2D eigenvalue weighted by Crippen LogP contribution is -2.43. The highest BCUT2D eigenvalue weighted by atomic mass is 127. The van der Waals surface area contributed by atoms with Gasteiger partial charge in [-0.15, -0.1) is 0 Å². The Morgan fingerprint density at radius 1 is 1.26 bits per heavy atom. The van der Waals surface area contributed by atoms with E-state index in [0.29, 0.717) is 32.0 Å². The molecule has 1 aliphatic rings. The lowest BCUT2D eigenvalue weighted by atomic mass is 10.2. The number of aromatic carboxylic acids is 1. The second-order valence-electron chi connectivity index (χ2n) is 4.06. The third-order valence-corrected chi connectivity index (χ3v) is 3.32. The molecule has 1 aromatic carbocycles. The van der Waals surface area contributed by atoms with Gasteiger partial charge in [0.25, 0.3) is 0 Å². The molecule has 0 saturated carbocycles. The summed E-state index contributed by atoms with van der Waals surface area (Å²) in [4.78, 5) is 24.6. The van der Waals surface area contributed by atoms with Crippen molar-refractivity contribution in [3.05, 3.63) is 27.3 Å². The number of amides is 2. The van der Waals surface area contributed by atoms with Crippen molar-refractivity contribution in [2.75, 3.05) is 31.6 Å². The number of halogens is 1. The molecule has 19 heavy (non-hydrogen) atoms. The van der Waals surface area contributed by atoms with Gasteiger partial charge in [0.2, 0.25) is 0 Å². The van der Waals surface area contributed by atoms with Crippen LogP contribution in [0, 0.1) is 3.57 Å². The SMILES string of the molecule is O=C(O)c1cc(I)cc(NC(=O)N2CCOCC2)c1. The molecule has 1 fully saturated rings. The third kappa shape index (κ3) is 3.80. The number of carboxylic acid groups (broad SMARTS) is 1. The minimum Gasteiger partial charge on any atom is -0.478 e. The van der Waals surface area contributed by atoms with E-state index >= 15 is 0 Å².